The summed E-state index contributed by atoms with van der Waals surface area (Å²) in [5, 5.41) is 3.58. The third-order valence-corrected chi connectivity index (χ3v) is 4.93. The zero-order valence-corrected chi connectivity index (χ0v) is 12.5. The van der Waals surface area contributed by atoms with Crippen molar-refractivity contribution in [3.63, 3.8) is 0 Å². The lowest BCUT2D eigenvalue weighted by molar-refractivity contribution is 0.122. The fourth-order valence-corrected chi connectivity index (χ4v) is 3.70. The van der Waals surface area contributed by atoms with Crippen LogP contribution in [-0.4, -0.2) is 37.1 Å². The number of rotatable bonds is 5. The molecule has 2 heteroatoms. The normalized spacial score (nSPS) is 33.8. The zero-order chi connectivity index (χ0) is 12.8. The van der Waals surface area contributed by atoms with Gasteiger partial charge in [0, 0.05) is 19.1 Å². The SMILES string of the molecule is CCCN(CC1CCC(C)CC1)C1CCCNC1. The van der Waals surface area contributed by atoms with Crippen molar-refractivity contribution >= 4 is 0 Å². The minimum atomic E-state index is 0.818. The van der Waals surface area contributed by atoms with Gasteiger partial charge in [0.25, 0.3) is 0 Å². The Morgan fingerprint density at radius 2 is 1.89 bits per heavy atom. The number of hydrogen-bond donors (Lipinski definition) is 1. The van der Waals surface area contributed by atoms with Crippen LogP contribution in [0.2, 0.25) is 0 Å². The first-order chi connectivity index (χ1) is 8.79. The van der Waals surface area contributed by atoms with Crippen LogP contribution in [-0.2, 0) is 0 Å². The van der Waals surface area contributed by atoms with Crippen molar-refractivity contribution in [2.75, 3.05) is 26.2 Å². The van der Waals surface area contributed by atoms with E-state index >= 15 is 0 Å². The second-order valence-electron chi connectivity index (χ2n) is 6.62. The number of hydrogen-bond acceptors (Lipinski definition) is 2. The molecule has 1 unspecified atom stereocenters. The molecule has 0 aromatic heterocycles. The van der Waals surface area contributed by atoms with E-state index in [9.17, 15) is 0 Å². The fourth-order valence-electron chi connectivity index (χ4n) is 3.70. The molecule has 0 amide bonds. The second kappa shape index (κ2) is 7.49. The highest BCUT2D eigenvalue weighted by Gasteiger charge is 2.25. The maximum Gasteiger partial charge on any atom is 0.0221 e. The first-order valence-corrected chi connectivity index (χ1v) is 8.24. The summed E-state index contributed by atoms with van der Waals surface area (Å²) >= 11 is 0. The Bertz CT molecular complexity index is 215. The third kappa shape index (κ3) is 4.24. The second-order valence-corrected chi connectivity index (χ2v) is 6.62. The Balaban J connectivity index is 1.81. The minimum absolute atomic E-state index is 0.818. The van der Waals surface area contributed by atoms with Gasteiger partial charge in [0.05, 0.1) is 0 Å². The van der Waals surface area contributed by atoms with Gasteiger partial charge >= 0.3 is 0 Å². The quantitative estimate of drug-likeness (QED) is 0.808. The Morgan fingerprint density at radius 1 is 1.11 bits per heavy atom. The lowest BCUT2D eigenvalue weighted by Gasteiger charge is -2.38. The van der Waals surface area contributed by atoms with Crippen molar-refractivity contribution in [1.82, 2.24) is 10.2 Å². The van der Waals surface area contributed by atoms with Crippen LogP contribution in [0.1, 0.15) is 58.8 Å². The standard InChI is InChI=1S/C16H32N2/c1-3-11-18(16-5-4-10-17-12-16)13-15-8-6-14(2)7-9-15/h14-17H,3-13H2,1-2H3. The average molecular weight is 252 g/mol. The molecule has 1 heterocycles. The molecule has 1 atom stereocenters. The van der Waals surface area contributed by atoms with Crippen molar-refractivity contribution in [3.05, 3.63) is 0 Å². The summed E-state index contributed by atoms with van der Waals surface area (Å²) in [6, 6.07) is 0.818. The molecule has 2 aliphatic rings. The van der Waals surface area contributed by atoms with Gasteiger partial charge in [-0.15, -0.1) is 0 Å². The molecule has 0 radical (unpaired) electrons. The largest absolute Gasteiger partial charge is 0.315 e. The summed E-state index contributed by atoms with van der Waals surface area (Å²) in [5.41, 5.74) is 0. The molecule has 1 saturated carbocycles. The van der Waals surface area contributed by atoms with Gasteiger partial charge in [-0.25, -0.2) is 0 Å². The van der Waals surface area contributed by atoms with Crippen LogP contribution in [0.15, 0.2) is 0 Å². The third-order valence-electron chi connectivity index (χ3n) is 4.93. The molecular formula is C16H32N2. The van der Waals surface area contributed by atoms with Crippen LogP contribution in [0.4, 0.5) is 0 Å². The topological polar surface area (TPSA) is 15.3 Å². The molecule has 2 fully saturated rings. The van der Waals surface area contributed by atoms with E-state index in [0.29, 0.717) is 0 Å². The number of piperidine rings is 1. The van der Waals surface area contributed by atoms with E-state index in [2.05, 4.69) is 24.1 Å². The van der Waals surface area contributed by atoms with Crippen LogP contribution >= 0.6 is 0 Å². The molecule has 18 heavy (non-hydrogen) atoms. The molecule has 1 aliphatic heterocycles. The Morgan fingerprint density at radius 3 is 2.50 bits per heavy atom. The van der Waals surface area contributed by atoms with Gasteiger partial charge in [0.15, 0.2) is 0 Å². The molecule has 2 nitrogen and oxygen atoms in total. The van der Waals surface area contributed by atoms with Crippen LogP contribution < -0.4 is 5.32 Å². The van der Waals surface area contributed by atoms with Gasteiger partial charge in [-0.2, -0.15) is 0 Å². The van der Waals surface area contributed by atoms with Crippen LogP contribution in [0, 0.1) is 11.8 Å². The van der Waals surface area contributed by atoms with E-state index in [1.165, 1.54) is 71.1 Å². The Labute approximate surface area is 114 Å². The maximum absolute atomic E-state index is 3.58. The summed E-state index contributed by atoms with van der Waals surface area (Å²) in [5.74, 6) is 1.96. The van der Waals surface area contributed by atoms with E-state index in [0.717, 1.165) is 17.9 Å². The van der Waals surface area contributed by atoms with Crippen LogP contribution in [0.5, 0.6) is 0 Å². The average Bonchev–Trinajstić information content (AvgIpc) is 2.42. The molecule has 2 rings (SSSR count). The first kappa shape index (κ1) is 14.3. The van der Waals surface area contributed by atoms with Crippen molar-refractivity contribution in [3.8, 4) is 0 Å². The van der Waals surface area contributed by atoms with Crippen molar-refractivity contribution < 1.29 is 0 Å². The van der Waals surface area contributed by atoms with Gasteiger partial charge in [-0.1, -0.05) is 26.7 Å². The first-order valence-electron chi connectivity index (χ1n) is 8.24. The molecule has 1 aliphatic carbocycles. The zero-order valence-electron chi connectivity index (χ0n) is 12.5. The van der Waals surface area contributed by atoms with Crippen molar-refractivity contribution in [2.24, 2.45) is 11.8 Å². The number of nitrogens with one attached hydrogen (secondary N) is 1. The Kier molecular flexibility index (Phi) is 5.97. The van der Waals surface area contributed by atoms with Gasteiger partial charge in [-0.3, -0.25) is 4.90 Å². The lowest BCUT2D eigenvalue weighted by atomic mass is 9.82. The Hall–Kier alpha value is -0.0800. The maximum atomic E-state index is 3.58. The molecule has 0 aromatic rings. The van der Waals surface area contributed by atoms with E-state index < -0.39 is 0 Å². The molecule has 1 saturated heterocycles. The summed E-state index contributed by atoms with van der Waals surface area (Å²) in [7, 11) is 0. The van der Waals surface area contributed by atoms with Crippen molar-refractivity contribution in [1.29, 1.82) is 0 Å². The summed E-state index contributed by atoms with van der Waals surface area (Å²) in [6.07, 6.45) is 9.96. The van der Waals surface area contributed by atoms with Gasteiger partial charge in [-0.05, 0) is 57.0 Å². The van der Waals surface area contributed by atoms with E-state index in [1.807, 2.05) is 0 Å². The summed E-state index contributed by atoms with van der Waals surface area (Å²) in [4.78, 5) is 2.80. The molecule has 0 bridgehead atoms. The van der Waals surface area contributed by atoms with Gasteiger partial charge in [0.1, 0.15) is 0 Å². The predicted octanol–water partition coefficient (Wildman–Crippen LogP) is 3.28. The van der Waals surface area contributed by atoms with E-state index in [4.69, 9.17) is 0 Å². The van der Waals surface area contributed by atoms with Crippen LogP contribution in [0.25, 0.3) is 0 Å². The highest BCUT2D eigenvalue weighted by atomic mass is 15.2. The minimum Gasteiger partial charge on any atom is -0.315 e. The lowest BCUT2D eigenvalue weighted by Crippen LogP contribution is -2.48. The summed E-state index contributed by atoms with van der Waals surface area (Å²) < 4.78 is 0. The molecule has 1 N–H and O–H groups in total. The van der Waals surface area contributed by atoms with E-state index in [1.54, 1.807) is 0 Å². The van der Waals surface area contributed by atoms with Crippen LogP contribution in [0.3, 0.4) is 0 Å². The highest BCUT2D eigenvalue weighted by molar-refractivity contribution is 4.81. The monoisotopic (exact) mass is 252 g/mol. The molecule has 0 spiro atoms. The molecule has 0 aromatic carbocycles. The van der Waals surface area contributed by atoms with Crippen molar-refractivity contribution in [2.45, 2.75) is 64.8 Å². The highest BCUT2D eigenvalue weighted by Crippen LogP contribution is 2.29. The fraction of sp³-hybridized carbons (Fsp3) is 1.00. The summed E-state index contributed by atoms with van der Waals surface area (Å²) in [6.45, 7) is 9.88. The predicted molar refractivity (Wildman–Crippen MR) is 78.9 cm³/mol. The van der Waals surface area contributed by atoms with Gasteiger partial charge in [0.2, 0.25) is 0 Å². The molecule has 106 valence electrons. The van der Waals surface area contributed by atoms with E-state index in [-0.39, 0.29) is 0 Å². The smallest absolute Gasteiger partial charge is 0.0221 e. The number of nitrogens with zero attached hydrogens (tertiary/aromatic N) is 1. The van der Waals surface area contributed by atoms with Gasteiger partial charge < -0.3 is 5.32 Å². The molecular weight excluding hydrogens is 220 g/mol.